The molecule has 0 saturated carbocycles. The van der Waals surface area contributed by atoms with E-state index < -0.39 is 9.84 Å². The quantitative estimate of drug-likeness (QED) is 0.735. The van der Waals surface area contributed by atoms with E-state index in [0.29, 0.717) is 18.9 Å². The zero-order chi connectivity index (χ0) is 13.8. The zero-order valence-electron chi connectivity index (χ0n) is 11.2. The van der Waals surface area contributed by atoms with Gasteiger partial charge in [-0.1, -0.05) is 20.3 Å². The van der Waals surface area contributed by atoms with Crippen molar-refractivity contribution < 1.29 is 8.42 Å². The minimum Gasteiger partial charge on any atom is -0.383 e. The molecule has 6 nitrogen and oxygen atoms in total. The molecule has 0 radical (unpaired) electrons. The maximum Gasteiger partial charge on any atom is 0.182 e. The van der Waals surface area contributed by atoms with Crippen LogP contribution in [-0.2, 0) is 16.4 Å². The number of nitrogens with one attached hydrogen (secondary N) is 1. The Kier molecular flexibility index (Phi) is 5.01. The molecule has 1 heterocycles. The number of nitrogen functional groups attached to an aromatic ring is 1. The third kappa shape index (κ3) is 3.38. The Morgan fingerprint density at radius 2 is 2.00 bits per heavy atom. The second kappa shape index (κ2) is 6.08. The Morgan fingerprint density at radius 3 is 2.50 bits per heavy atom. The van der Waals surface area contributed by atoms with E-state index in [-0.39, 0.29) is 10.7 Å². The van der Waals surface area contributed by atoms with Crippen LogP contribution in [0.15, 0.2) is 4.90 Å². The Balaban J connectivity index is 3.10. The van der Waals surface area contributed by atoms with Crippen molar-refractivity contribution in [2.75, 3.05) is 23.9 Å². The van der Waals surface area contributed by atoms with Crippen molar-refractivity contribution in [3.05, 3.63) is 0 Å². The molecule has 0 atom stereocenters. The summed E-state index contributed by atoms with van der Waals surface area (Å²) >= 11 is 0. The summed E-state index contributed by atoms with van der Waals surface area (Å²) in [6, 6.07) is 0. The lowest BCUT2D eigenvalue weighted by Gasteiger charge is -2.03. The molecule has 3 N–H and O–H groups in total. The molecule has 0 spiro atoms. The van der Waals surface area contributed by atoms with E-state index in [9.17, 15) is 8.42 Å². The van der Waals surface area contributed by atoms with Gasteiger partial charge in [-0.3, -0.25) is 0 Å². The lowest BCUT2D eigenvalue weighted by Crippen LogP contribution is -2.08. The van der Waals surface area contributed by atoms with Crippen molar-refractivity contribution in [1.82, 2.24) is 9.78 Å². The Morgan fingerprint density at radius 1 is 1.33 bits per heavy atom. The fourth-order valence-corrected chi connectivity index (χ4v) is 2.66. The highest BCUT2D eigenvalue weighted by molar-refractivity contribution is 7.91. The van der Waals surface area contributed by atoms with Crippen molar-refractivity contribution in [2.24, 2.45) is 0 Å². The van der Waals surface area contributed by atoms with Crippen LogP contribution in [0, 0.1) is 0 Å². The highest BCUT2D eigenvalue weighted by Crippen LogP contribution is 2.27. The molecule has 1 rings (SSSR count). The van der Waals surface area contributed by atoms with Crippen LogP contribution in [0.4, 0.5) is 11.6 Å². The second-order valence-electron chi connectivity index (χ2n) is 4.34. The Labute approximate surface area is 108 Å². The summed E-state index contributed by atoms with van der Waals surface area (Å²) < 4.78 is 25.0. The summed E-state index contributed by atoms with van der Waals surface area (Å²) in [6.45, 7) is 5.38. The first kappa shape index (κ1) is 14.8. The van der Waals surface area contributed by atoms with Crippen LogP contribution in [-0.4, -0.2) is 31.0 Å². The van der Waals surface area contributed by atoms with Crippen LogP contribution in [0.2, 0.25) is 0 Å². The molecular formula is C11H22N4O2S. The number of nitrogens with zero attached hydrogens (tertiary/aromatic N) is 2. The molecule has 0 saturated heterocycles. The largest absolute Gasteiger partial charge is 0.383 e. The van der Waals surface area contributed by atoms with Crippen LogP contribution in [0.3, 0.4) is 0 Å². The predicted octanol–water partition coefficient (Wildman–Crippen LogP) is 1.49. The van der Waals surface area contributed by atoms with Gasteiger partial charge in [-0.05, 0) is 12.8 Å². The number of aromatic nitrogens is 2. The van der Waals surface area contributed by atoms with Gasteiger partial charge in [0, 0.05) is 19.3 Å². The van der Waals surface area contributed by atoms with Gasteiger partial charge in [-0.25, -0.2) is 13.1 Å². The van der Waals surface area contributed by atoms with Crippen molar-refractivity contribution in [2.45, 2.75) is 44.6 Å². The SMILES string of the molecule is CCCCNc1nn(CCC)c(N)c1S(C)(=O)=O. The standard InChI is InChI=1S/C11H22N4O2S/c1-4-6-7-13-11-9(18(3,16)17)10(12)15(14-11)8-5-2/h4-8,12H2,1-3H3,(H,13,14). The first-order valence-electron chi connectivity index (χ1n) is 6.22. The number of hydrogen-bond donors (Lipinski definition) is 2. The van der Waals surface area contributed by atoms with Crippen LogP contribution in [0.25, 0.3) is 0 Å². The van der Waals surface area contributed by atoms with Gasteiger partial charge in [0.1, 0.15) is 5.82 Å². The van der Waals surface area contributed by atoms with Crippen molar-refractivity contribution >= 4 is 21.5 Å². The van der Waals surface area contributed by atoms with Gasteiger partial charge in [0.05, 0.1) is 0 Å². The minimum atomic E-state index is -3.37. The molecule has 0 aliphatic rings. The molecule has 0 aliphatic heterocycles. The van der Waals surface area contributed by atoms with Gasteiger partial charge >= 0.3 is 0 Å². The number of sulfone groups is 1. The lowest BCUT2D eigenvalue weighted by atomic mass is 10.3. The van der Waals surface area contributed by atoms with Crippen LogP contribution < -0.4 is 11.1 Å². The molecule has 0 aromatic carbocycles. The number of anilines is 2. The van der Waals surface area contributed by atoms with E-state index in [0.717, 1.165) is 25.5 Å². The number of hydrogen-bond acceptors (Lipinski definition) is 5. The summed E-state index contributed by atoms with van der Waals surface area (Å²) in [4.78, 5) is 0.118. The third-order valence-electron chi connectivity index (χ3n) is 2.58. The highest BCUT2D eigenvalue weighted by atomic mass is 32.2. The van der Waals surface area contributed by atoms with Crippen LogP contribution in [0.5, 0.6) is 0 Å². The maximum atomic E-state index is 11.8. The summed E-state index contributed by atoms with van der Waals surface area (Å²) in [6.07, 6.45) is 4.00. The van der Waals surface area contributed by atoms with Crippen molar-refractivity contribution in [1.29, 1.82) is 0 Å². The van der Waals surface area contributed by atoms with Gasteiger partial charge in [-0.2, -0.15) is 5.10 Å². The van der Waals surface area contributed by atoms with Gasteiger partial charge in [0.25, 0.3) is 0 Å². The summed E-state index contributed by atoms with van der Waals surface area (Å²) in [5.41, 5.74) is 5.86. The van der Waals surface area contributed by atoms with E-state index in [1.54, 1.807) is 4.68 Å². The van der Waals surface area contributed by atoms with Crippen LogP contribution >= 0.6 is 0 Å². The molecule has 7 heteroatoms. The predicted molar refractivity (Wildman–Crippen MR) is 73.4 cm³/mol. The smallest absolute Gasteiger partial charge is 0.182 e. The number of rotatable bonds is 7. The maximum absolute atomic E-state index is 11.8. The summed E-state index contributed by atoms with van der Waals surface area (Å²) in [5.74, 6) is 0.593. The molecule has 18 heavy (non-hydrogen) atoms. The summed E-state index contributed by atoms with van der Waals surface area (Å²) in [7, 11) is -3.37. The van der Waals surface area contributed by atoms with Crippen LogP contribution in [0.1, 0.15) is 33.1 Å². The lowest BCUT2D eigenvalue weighted by molar-refractivity contribution is 0.600. The normalized spacial score (nSPS) is 11.7. The Bertz CT molecular complexity index is 493. The molecule has 0 fully saturated rings. The minimum absolute atomic E-state index is 0.118. The molecule has 104 valence electrons. The van der Waals surface area contributed by atoms with E-state index in [1.807, 2.05) is 6.92 Å². The average Bonchev–Trinajstić information content (AvgIpc) is 2.56. The fourth-order valence-electron chi connectivity index (χ4n) is 1.71. The van der Waals surface area contributed by atoms with E-state index in [1.165, 1.54) is 0 Å². The van der Waals surface area contributed by atoms with Gasteiger partial charge in [0.2, 0.25) is 0 Å². The second-order valence-corrected chi connectivity index (χ2v) is 6.29. The molecule has 1 aromatic heterocycles. The number of aryl methyl sites for hydroxylation is 1. The Hall–Kier alpha value is -1.24. The highest BCUT2D eigenvalue weighted by Gasteiger charge is 2.23. The van der Waals surface area contributed by atoms with E-state index in [2.05, 4.69) is 17.3 Å². The number of nitrogens with two attached hydrogens (primary N) is 1. The molecule has 0 unspecified atom stereocenters. The third-order valence-corrected chi connectivity index (χ3v) is 3.72. The van der Waals surface area contributed by atoms with E-state index in [4.69, 9.17) is 5.73 Å². The van der Waals surface area contributed by atoms with Crippen molar-refractivity contribution in [3.8, 4) is 0 Å². The first-order valence-corrected chi connectivity index (χ1v) is 8.11. The van der Waals surface area contributed by atoms with Gasteiger partial charge in [-0.15, -0.1) is 0 Å². The molecule has 0 amide bonds. The molecule has 1 aromatic rings. The molecule has 0 aliphatic carbocycles. The monoisotopic (exact) mass is 274 g/mol. The topological polar surface area (TPSA) is 90.0 Å². The number of unbranched alkanes of at least 4 members (excludes halogenated alkanes) is 1. The fraction of sp³-hybridized carbons (Fsp3) is 0.727. The molecular weight excluding hydrogens is 252 g/mol. The van der Waals surface area contributed by atoms with Gasteiger partial charge < -0.3 is 11.1 Å². The first-order chi connectivity index (χ1) is 8.41. The van der Waals surface area contributed by atoms with Gasteiger partial charge in [0.15, 0.2) is 20.6 Å². The van der Waals surface area contributed by atoms with Crippen molar-refractivity contribution in [3.63, 3.8) is 0 Å². The zero-order valence-corrected chi connectivity index (χ0v) is 12.0. The van der Waals surface area contributed by atoms with E-state index >= 15 is 0 Å². The average molecular weight is 274 g/mol. The molecule has 0 bridgehead atoms. The summed E-state index contributed by atoms with van der Waals surface area (Å²) in [5, 5.41) is 7.29.